The lowest BCUT2D eigenvalue weighted by Gasteiger charge is -2.26. The molecule has 0 radical (unpaired) electrons. The van der Waals surface area contributed by atoms with Crippen LogP contribution in [-0.2, 0) is 6.42 Å². The topological polar surface area (TPSA) is 20.2 Å². The minimum atomic E-state index is -0.603. The second-order valence-electron chi connectivity index (χ2n) is 8.45. The summed E-state index contributed by atoms with van der Waals surface area (Å²) in [6, 6.07) is 22.9. The lowest BCUT2D eigenvalue weighted by atomic mass is 9.80. The van der Waals surface area contributed by atoms with Crippen molar-refractivity contribution in [1.29, 1.82) is 0 Å². The highest BCUT2D eigenvalue weighted by molar-refractivity contribution is 5.51. The van der Waals surface area contributed by atoms with Gasteiger partial charge in [-0.2, -0.15) is 0 Å². The first-order valence-corrected chi connectivity index (χ1v) is 10.8. The third-order valence-electron chi connectivity index (χ3n) is 6.51. The number of benzene rings is 3. The van der Waals surface area contributed by atoms with E-state index in [9.17, 15) is 5.11 Å². The second-order valence-corrected chi connectivity index (χ2v) is 8.45. The molecule has 3 unspecified atom stereocenters. The minimum Gasteiger partial charge on any atom is -0.384 e. The molecule has 3 aromatic carbocycles. The average molecular weight is 387 g/mol. The molecule has 0 heterocycles. The van der Waals surface area contributed by atoms with Gasteiger partial charge in [0.2, 0.25) is 0 Å². The Labute approximate surface area is 176 Å². The fourth-order valence-electron chi connectivity index (χ4n) is 4.28. The predicted molar refractivity (Wildman–Crippen MR) is 124 cm³/mol. The molecule has 3 rings (SSSR count). The molecule has 29 heavy (non-hydrogen) atoms. The average Bonchev–Trinajstić information content (AvgIpc) is 2.77. The Bertz CT molecular complexity index is 858. The van der Waals surface area contributed by atoms with Gasteiger partial charge in [0.25, 0.3) is 0 Å². The first kappa shape index (κ1) is 21.3. The van der Waals surface area contributed by atoms with Crippen LogP contribution < -0.4 is 0 Å². The van der Waals surface area contributed by atoms with Crippen molar-refractivity contribution in [2.75, 3.05) is 0 Å². The van der Waals surface area contributed by atoms with E-state index in [1.165, 1.54) is 27.8 Å². The summed E-state index contributed by atoms with van der Waals surface area (Å²) in [5, 5.41) is 11.3. The molecule has 0 spiro atoms. The molecule has 3 atom stereocenters. The molecule has 0 aliphatic heterocycles. The molecular formula is C28H34O. The van der Waals surface area contributed by atoms with Gasteiger partial charge >= 0.3 is 0 Å². The first-order chi connectivity index (χ1) is 13.9. The zero-order valence-electron chi connectivity index (χ0n) is 18.4. The Kier molecular flexibility index (Phi) is 6.92. The van der Waals surface area contributed by atoms with Crippen LogP contribution in [0.15, 0.2) is 66.7 Å². The minimum absolute atomic E-state index is 0.286. The molecule has 152 valence electrons. The van der Waals surface area contributed by atoms with Crippen LogP contribution in [0.25, 0.3) is 0 Å². The van der Waals surface area contributed by atoms with Gasteiger partial charge in [-0.1, -0.05) is 93.9 Å². The lowest BCUT2D eigenvalue weighted by Crippen LogP contribution is -2.12. The van der Waals surface area contributed by atoms with Gasteiger partial charge in [-0.25, -0.2) is 0 Å². The maximum atomic E-state index is 11.3. The van der Waals surface area contributed by atoms with Crippen molar-refractivity contribution in [3.8, 4) is 0 Å². The summed E-state index contributed by atoms with van der Waals surface area (Å²) in [4.78, 5) is 0. The molecule has 0 bridgehead atoms. The molecule has 1 nitrogen and oxygen atoms in total. The third kappa shape index (κ3) is 4.62. The zero-order chi connectivity index (χ0) is 21.0. The second kappa shape index (κ2) is 9.41. The van der Waals surface area contributed by atoms with E-state index in [1.54, 1.807) is 0 Å². The van der Waals surface area contributed by atoms with E-state index >= 15 is 0 Å². The molecule has 0 aromatic heterocycles. The SMILES string of the molecule is CCC(C)Cc1c(C)c(C(C)c2ccccc2)cc(C(O)c2ccccc2)c1C. The van der Waals surface area contributed by atoms with E-state index in [-0.39, 0.29) is 5.92 Å². The number of aliphatic hydroxyl groups excluding tert-OH is 1. The summed E-state index contributed by atoms with van der Waals surface area (Å²) in [6.07, 6.45) is 1.61. The Balaban J connectivity index is 2.16. The molecule has 0 fully saturated rings. The van der Waals surface area contributed by atoms with Gasteiger partial charge in [-0.3, -0.25) is 0 Å². The third-order valence-corrected chi connectivity index (χ3v) is 6.51. The fraction of sp³-hybridized carbons (Fsp3) is 0.357. The smallest absolute Gasteiger partial charge is 0.104 e. The van der Waals surface area contributed by atoms with Crippen molar-refractivity contribution in [2.24, 2.45) is 5.92 Å². The van der Waals surface area contributed by atoms with E-state index in [0.717, 1.165) is 24.0 Å². The van der Waals surface area contributed by atoms with E-state index in [2.05, 4.69) is 71.0 Å². The van der Waals surface area contributed by atoms with Crippen LogP contribution in [0.2, 0.25) is 0 Å². The fourth-order valence-corrected chi connectivity index (χ4v) is 4.28. The Morgan fingerprint density at radius 1 is 0.759 bits per heavy atom. The quantitative estimate of drug-likeness (QED) is 0.458. The van der Waals surface area contributed by atoms with Crippen molar-refractivity contribution in [3.63, 3.8) is 0 Å². The van der Waals surface area contributed by atoms with Crippen LogP contribution >= 0.6 is 0 Å². The maximum absolute atomic E-state index is 11.3. The van der Waals surface area contributed by atoms with Crippen molar-refractivity contribution in [1.82, 2.24) is 0 Å². The van der Waals surface area contributed by atoms with Gasteiger partial charge in [-0.15, -0.1) is 0 Å². The van der Waals surface area contributed by atoms with Crippen LogP contribution in [0.5, 0.6) is 0 Å². The van der Waals surface area contributed by atoms with Gasteiger partial charge < -0.3 is 5.11 Å². The largest absolute Gasteiger partial charge is 0.384 e. The number of hydrogen-bond donors (Lipinski definition) is 1. The van der Waals surface area contributed by atoms with Crippen molar-refractivity contribution < 1.29 is 5.11 Å². The predicted octanol–water partition coefficient (Wildman–Crippen LogP) is 7.13. The van der Waals surface area contributed by atoms with Crippen LogP contribution in [-0.4, -0.2) is 5.11 Å². The van der Waals surface area contributed by atoms with Crippen LogP contribution in [0.4, 0.5) is 0 Å². The molecule has 0 amide bonds. The van der Waals surface area contributed by atoms with Crippen molar-refractivity contribution in [2.45, 2.75) is 59.5 Å². The zero-order valence-corrected chi connectivity index (χ0v) is 18.4. The monoisotopic (exact) mass is 386 g/mol. The van der Waals surface area contributed by atoms with E-state index < -0.39 is 6.10 Å². The summed E-state index contributed by atoms with van der Waals surface area (Å²) in [7, 11) is 0. The van der Waals surface area contributed by atoms with Crippen LogP contribution in [0.1, 0.15) is 78.2 Å². The summed E-state index contributed by atoms with van der Waals surface area (Å²) in [6.45, 7) is 11.3. The highest BCUT2D eigenvalue weighted by atomic mass is 16.3. The number of aliphatic hydroxyl groups is 1. The van der Waals surface area contributed by atoms with Gasteiger partial charge in [-0.05, 0) is 65.1 Å². The normalized spacial score (nSPS) is 14.4. The van der Waals surface area contributed by atoms with Gasteiger partial charge in [0.05, 0.1) is 0 Å². The molecule has 0 aliphatic carbocycles. The van der Waals surface area contributed by atoms with Crippen LogP contribution in [0, 0.1) is 19.8 Å². The molecule has 0 aliphatic rings. The highest BCUT2D eigenvalue weighted by Gasteiger charge is 2.22. The summed E-state index contributed by atoms with van der Waals surface area (Å²) < 4.78 is 0. The van der Waals surface area contributed by atoms with E-state index in [1.807, 2.05) is 30.3 Å². The standard InChI is InChI=1S/C28H34O/c1-6-19(2)17-25-21(4)26(20(3)23-13-9-7-10-14-23)18-27(22(25)5)28(29)24-15-11-8-12-16-24/h7-16,18-20,28-29H,6,17H2,1-5H3. The summed E-state index contributed by atoms with van der Waals surface area (Å²) in [5.41, 5.74) is 8.65. The number of hydrogen-bond acceptors (Lipinski definition) is 1. The molecular weight excluding hydrogens is 352 g/mol. The number of rotatable bonds is 7. The van der Waals surface area contributed by atoms with E-state index in [0.29, 0.717) is 5.92 Å². The highest BCUT2D eigenvalue weighted by Crippen LogP contribution is 2.36. The van der Waals surface area contributed by atoms with Crippen molar-refractivity contribution in [3.05, 3.63) is 106 Å². The van der Waals surface area contributed by atoms with Gasteiger partial charge in [0.1, 0.15) is 6.10 Å². The maximum Gasteiger partial charge on any atom is 0.104 e. The summed E-state index contributed by atoms with van der Waals surface area (Å²) in [5.74, 6) is 0.908. The summed E-state index contributed by atoms with van der Waals surface area (Å²) >= 11 is 0. The van der Waals surface area contributed by atoms with Crippen LogP contribution in [0.3, 0.4) is 0 Å². The molecule has 1 N–H and O–H groups in total. The molecule has 3 aromatic rings. The lowest BCUT2D eigenvalue weighted by molar-refractivity contribution is 0.219. The molecule has 0 saturated heterocycles. The Morgan fingerprint density at radius 3 is 1.83 bits per heavy atom. The van der Waals surface area contributed by atoms with Gasteiger partial charge in [0.15, 0.2) is 0 Å². The van der Waals surface area contributed by atoms with E-state index in [4.69, 9.17) is 0 Å². The first-order valence-electron chi connectivity index (χ1n) is 10.8. The van der Waals surface area contributed by atoms with Gasteiger partial charge in [0, 0.05) is 5.92 Å². The molecule has 0 saturated carbocycles. The molecule has 1 heteroatoms. The van der Waals surface area contributed by atoms with Crippen molar-refractivity contribution >= 4 is 0 Å². The Hall–Kier alpha value is -2.38. The Morgan fingerprint density at radius 2 is 1.28 bits per heavy atom.